The Morgan fingerprint density at radius 2 is 1.67 bits per heavy atom. The lowest BCUT2D eigenvalue weighted by atomic mass is 10.0. The molecular weight excluding hydrogens is 295 g/mol. The predicted molar refractivity (Wildman–Crippen MR) is 75.1 cm³/mol. The first-order chi connectivity index (χ1) is 8.41. The molecule has 2 rings (SSSR count). The van der Waals surface area contributed by atoms with Crippen LogP contribution < -0.4 is 4.74 Å². The Kier molecular flexibility index (Phi) is 3.71. The third-order valence-corrected chi connectivity index (χ3v) is 3.08. The van der Waals surface area contributed by atoms with Crippen molar-refractivity contribution in [1.29, 1.82) is 0 Å². The Bertz CT molecular complexity index is 603. The van der Waals surface area contributed by atoms with Crippen molar-refractivity contribution in [3.63, 3.8) is 0 Å². The van der Waals surface area contributed by atoms with E-state index < -0.39 is 9.58 Å². The van der Waals surface area contributed by atoms with Crippen molar-refractivity contribution in [3.05, 3.63) is 42.0 Å². The van der Waals surface area contributed by atoms with E-state index in [1.807, 2.05) is 18.2 Å². The zero-order valence-corrected chi connectivity index (χ0v) is 11.7. The van der Waals surface area contributed by atoms with Gasteiger partial charge in [-0.05, 0) is 29.0 Å². The molecule has 5 heteroatoms. The third kappa shape index (κ3) is 2.72. The lowest BCUT2D eigenvalue weighted by molar-refractivity contribution is 0.0996. The molecule has 0 fully saturated rings. The average molecular weight is 304 g/mol. The molecule has 0 aromatic heterocycles. The van der Waals surface area contributed by atoms with Gasteiger partial charge < -0.3 is 4.74 Å². The maximum atomic E-state index is 11.8. The van der Waals surface area contributed by atoms with Gasteiger partial charge in [0, 0.05) is 5.56 Å². The normalized spacial score (nSPS) is 11.6. The van der Waals surface area contributed by atoms with E-state index >= 15 is 0 Å². The van der Waals surface area contributed by atoms with Gasteiger partial charge in [-0.2, -0.15) is 0 Å². The number of hydrogen-bond donors (Lipinski definition) is 0. The molecule has 0 atom stereocenters. The van der Waals surface area contributed by atoms with E-state index in [0.717, 1.165) is 16.5 Å². The van der Waals surface area contributed by atoms with Crippen molar-refractivity contribution in [1.82, 2.24) is 0 Å². The van der Waals surface area contributed by atoms with Crippen LogP contribution in [0.5, 0.6) is 5.75 Å². The standard InChI is InChI=1S/C13H9Cl3O2/c1-18-11-5-4-8-6-10(3-2-9(8)7-11)12(17)13(14,15)16/h2-7H,1H3. The second kappa shape index (κ2) is 4.96. The van der Waals surface area contributed by atoms with Gasteiger partial charge in [-0.25, -0.2) is 0 Å². The molecule has 0 saturated heterocycles. The van der Waals surface area contributed by atoms with Crippen LogP contribution in [0, 0.1) is 0 Å². The van der Waals surface area contributed by atoms with Gasteiger partial charge in [0.2, 0.25) is 5.78 Å². The van der Waals surface area contributed by atoms with Crippen molar-refractivity contribution in [3.8, 4) is 5.75 Å². The highest BCUT2D eigenvalue weighted by molar-refractivity contribution is 6.77. The molecule has 0 spiro atoms. The van der Waals surface area contributed by atoms with Crippen molar-refractivity contribution < 1.29 is 9.53 Å². The Labute approximate surface area is 119 Å². The average Bonchev–Trinajstić information content (AvgIpc) is 2.35. The first-order valence-electron chi connectivity index (χ1n) is 5.11. The number of rotatable bonds is 2. The first kappa shape index (κ1) is 13.5. The van der Waals surface area contributed by atoms with Gasteiger partial charge in [0.25, 0.3) is 3.79 Å². The number of carbonyl (C=O) groups excluding carboxylic acids is 1. The molecular formula is C13H9Cl3O2. The molecule has 0 aliphatic carbocycles. The molecule has 0 aliphatic heterocycles. The number of benzene rings is 2. The van der Waals surface area contributed by atoms with Crippen molar-refractivity contribution in [2.75, 3.05) is 7.11 Å². The van der Waals surface area contributed by atoms with Gasteiger partial charge in [0.15, 0.2) is 0 Å². The molecule has 2 nitrogen and oxygen atoms in total. The zero-order valence-electron chi connectivity index (χ0n) is 9.41. The molecule has 0 aliphatic rings. The van der Waals surface area contributed by atoms with Crippen LogP contribution in [-0.4, -0.2) is 16.7 Å². The monoisotopic (exact) mass is 302 g/mol. The van der Waals surface area contributed by atoms with E-state index in [-0.39, 0.29) is 0 Å². The van der Waals surface area contributed by atoms with Crippen LogP contribution in [0.25, 0.3) is 10.8 Å². The Morgan fingerprint density at radius 3 is 2.28 bits per heavy atom. The molecule has 0 bridgehead atoms. The number of alkyl halides is 3. The highest BCUT2D eigenvalue weighted by Gasteiger charge is 2.31. The summed E-state index contributed by atoms with van der Waals surface area (Å²) in [4.78, 5) is 11.8. The molecule has 0 radical (unpaired) electrons. The van der Waals surface area contributed by atoms with E-state index in [1.54, 1.807) is 25.3 Å². The molecule has 0 amide bonds. The van der Waals surface area contributed by atoms with E-state index in [4.69, 9.17) is 39.5 Å². The molecule has 0 saturated carbocycles. The van der Waals surface area contributed by atoms with Gasteiger partial charge in [0.1, 0.15) is 5.75 Å². The zero-order chi connectivity index (χ0) is 13.3. The van der Waals surface area contributed by atoms with Crippen LogP contribution in [-0.2, 0) is 0 Å². The molecule has 18 heavy (non-hydrogen) atoms. The summed E-state index contributed by atoms with van der Waals surface area (Å²) in [6, 6.07) is 10.7. The maximum absolute atomic E-state index is 11.8. The summed E-state index contributed by atoms with van der Waals surface area (Å²) in [6.45, 7) is 0. The van der Waals surface area contributed by atoms with Crippen molar-refractivity contribution in [2.24, 2.45) is 0 Å². The summed E-state index contributed by atoms with van der Waals surface area (Å²) in [5.74, 6) is 0.216. The summed E-state index contributed by atoms with van der Waals surface area (Å²) in [5.41, 5.74) is 0.368. The molecule has 0 heterocycles. The quantitative estimate of drug-likeness (QED) is 0.607. The fraction of sp³-hybridized carbons (Fsp3) is 0.154. The lowest BCUT2D eigenvalue weighted by Crippen LogP contribution is -2.18. The number of methoxy groups -OCH3 is 1. The number of carbonyl (C=O) groups is 1. The number of hydrogen-bond acceptors (Lipinski definition) is 2. The second-order valence-electron chi connectivity index (χ2n) is 3.75. The summed E-state index contributed by atoms with van der Waals surface area (Å²) < 4.78 is 3.19. The number of halogens is 3. The van der Waals surface area contributed by atoms with Crippen LogP contribution in [0.2, 0.25) is 0 Å². The fourth-order valence-corrected chi connectivity index (χ4v) is 1.98. The Balaban J connectivity index is 2.49. The maximum Gasteiger partial charge on any atom is 0.253 e. The number of ketones is 1. The largest absolute Gasteiger partial charge is 0.497 e. The predicted octanol–water partition coefficient (Wildman–Crippen LogP) is 4.40. The fourth-order valence-electron chi connectivity index (χ4n) is 1.66. The van der Waals surface area contributed by atoms with E-state index in [0.29, 0.717) is 5.56 Å². The second-order valence-corrected chi connectivity index (χ2v) is 6.04. The first-order valence-corrected chi connectivity index (χ1v) is 6.24. The minimum absolute atomic E-state index is 0.368. The van der Waals surface area contributed by atoms with Crippen LogP contribution in [0.15, 0.2) is 36.4 Å². The van der Waals surface area contributed by atoms with Crippen molar-refractivity contribution >= 4 is 51.4 Å². The highest BCUT2D eigenvalue weighted by atomic mass is 35.6. The highest BCUT2D eigenvalue weighted by Crippen LogP contribution is 2.31. The van der Waals surface area contributed by atoms with Gasteiger partial charge in [-0.3, -0.25) is 4.79 Å². The van der Waals surface area contributed by atoms with Crippen LogP contribution >= 0.6 is 34.8 Å². The molecule has 2 aromatic carbocycles. The summed E-state index contributed by atoms with van der Waals surface area (Å²) in [7, 11) is 1.60. The molecule has 94 valence electrons. The van der Waals surface area contributed by atoms with Gasteiger partial charge in [-0.15, -0.1) is 0 Å². The SMILES string of the molecule is COc1ccc2cc(C(=O)C(Cl)(Cl)Cl)ccc2c1. The van der Waals surface area contributed by atoms with Crippen LogP contribution in [0.3, 0.4) is 0 Å². The van der Waals surface area contributed by atoms with Gasteiger partial charge in [-0.1, -0.05) is 53.0 Å². The van der Waals surface area contributed by atoms with Crippen molar-refractivity contribution in [2.45, 2.75) is 3.79 Å². The Hall–Kier alpha value is -0.960. The molecule has 0 N–H and O–H groups in total. The minimum Gasteiger partial charge on any atom is -0.497 e. The topological polar surface area (TPSA) is 26.3 Å². The van der Waals surface area contributed by atoms with Crippen LogP contribution in [0.4, 0.5) is 0 Å². The third-order valence-electron chi connectivity index (χ3n) is 2.57. The number of Topliss-reactive ketones (excluding diaryl/α,β-unsaturated/α-hetero) is 1. The summed E-state index contributed by atoms with van der Waals surface area (Å²) in [6.07, 6.45) is 0. The van der Waals surface area contributed by atoms with E-state index in [2.05, 4.69) is 0 Å². The lowest BCUT2D eigenvalue weighted by Gasteiger charge is -2.10. The van der Waals surface area contributed by atoms with Gasteiger partial charge >= 0.3 is 0 Å². The smallest absolute Gasteiger partial charge is 0.253 e. The molecule has 2 aromatic rings. The van der Waals surface area contributed by atoms with Gasteiger partial charge in [0.05, 0.1) is 7.11 Å². The van der Waals surface area contributed by atoms with Crippen LogP contribution in [0.1, 0.15) is 10.4 Å². The molecule has 0 unspecified atom stereocenters. The van der Waals surface area contributed by atoms with E-state index in [9.17, 15) is 4.79 Å². The minimum atomic E-state index is -1.93. The number of ether oxygens (including phenoxy) is 1. The number of fused-ring (bicyclic) bond motifs is 1. The summed E-state index contributed by atoms with van der Waals surface area (Å²) in [5, 5.41) is 1.84. The Morgan fingerprint density at radius 1 is 1.06 bits per heavy atom. The van der Waals surface area contributed by atoms with E-state index in [1.165, 1.54) is 0 Å². The summed E-state index contributed by atoms with van der Waals surface area (Å²) >= 11 is 16.7.